The Bertz CT molecular complexity index is 613. The van der Waals surface area contributed by atoms with Gasteiger partial charge in [0.2, 0.25) is 0 Å². The van der Waals surface area contributed by atoms with E-state index in [0.717, 1.165) is 6.42 Å². The zero-order chi connectivity index (χ0) is 13.8. The quantitative estimate of drug-likeness (QED) is 0.505. The van der Waals surface area contributed by atoms with Gasteiger partial charge in [0.25, 0.3) is 0 Å². The first-order valence-corrected chi connectivity index (χ1v) is 7.35. The van der Waals surface area contributed by atoms with Gasteiger partial charge in [-0.05, 0) is 43.1 Å². The summed E-state index contributed by atoms with van der Waals surface area (Å²) < 4.78 is 0. The first-order chi connectivity index (χ1) is 9.88. The zero-order valence-corrected chi connectivity index (χ0v) is 11.7. The van der Waals surface area contributed by atoms with Crippen molar-refractivity contribution in [2.24, 2.45) is 5.84 Å². The second-order valence-electron chi connectivity index (χ2n) is 5.48. The number of hydrazine groups is 1. The molecule has 3 heteroatoms. The second kappa shape index (κ2) is 6.16. The fraction of sp³-hybridized carbons (Fsp3) is 0.353. The number of hydrogen-bond acceptors (Lipinski definition) is 3. The maximum absolute atomic E-state index is 5.81. The van der Waals surface area contributed by atoms with Crippen LogP contribution in [0.2, 0.25) is 0 Å². The van der Waals surface area contributed by atoms with Gasteiger partial charge in [-0.15, -0.1) is 0 Å². The van der Waals surface area contributed by atoms with E-state index in [2.05, 4.69) is 34.7 Å². The number of nitrogens with one attached hydrogen (secondary N) is 1. The maximum Gasteiger partial charge on any atom is 0.0518 e. The lowest BCUT2D eigenvalue weighted by Gasteiger charge is -2.21. The Morgan fingerprint density at radius 2 is 2.10 bits per heavy atom. The van der Waals surface area contributed by atoms with Crippen LogP contribution in [-0.2, 0) is 0 Å². The Morgan fingerprint density at radius 3 is 2.90 bits per heavy atom. The van der Waals surface area contributed by atoms with E-state index in [1.165, 1.54) is 47.6 Å². The molecule has 1 heterocycles. The van der Waals surface area contributed by atoms with E-state index in [4.69, 9.17) is 5.84 Å². The highest BCUT2D eigenvalue weighted by Gasteiger charge is 2.16. The minimum Gasteiger partial charge on any atom is -0.271 e. The first kappa shape index (κ1) is 13.3. The van der Waals surface area contributed by atoms with Gasteiger partial charge in [0.15, 0.2) is 0 Å². The van der Waals surface area contributed by atoms with Crippen LogP contribution in [0, 0.1) is 0 Å². The average Bonchev–Trinajstić information content (AvgIpc) is 2.53. The van der Waals surface area contributed by atoms with Crippen LogP contribution in [0.5, 0.6) is 0 Å². The third-order valence-corrected chi connectivity index (χ3v) is 4.13. The molecule has 3 rings (SSSR count). The monoisotopic (exact) mass is 267 g/mol. The van der Waals surface area contributed by atoms with Crippen molar-refractivity contribution in [2.75, 3.05) is 0 Å². The summed E-state index contributed by atoms with van der Waals surface area (Å²) in [5.41, 5.74) is 5.69. The molecule has 1 atom stereocenters. The fourth-order valence-corrected chi connectivity index (χ4v) is 3.03. The molecule has 1 unspecified atom stereocenters. The van der Waals surface area contributed by atoms with Crippen LogP contribution in [0.4, 0.5) is 0 Å². The molecule has 2 aromatic rings. The molecule has 0 saturated heterocycles. The Labute approximate surface area is 119 Å². The number of fused-ring (bicyclic) bond motifs is 1. The number of pyridine rings is 1. The average molecular weight is 267 g/mol. The summed E-state index contributed by atoms with van der Waals surface area (Å²) in [6.45, 7) is 0. The fourth-order valence-electron chi connectivity index (χ4n) is 3.03. The molecule has 0 spiro atoms. The molecule has 0 fully saturated rings. The summed E-state index contributed by atoms with van der Waals surface area (Å²) in [5, 5.41) is 2.41. The summed E-state index contributed by atoms with van der Waals surface area (Å²) >= 11 is 0. The van der Waals surface area contributed by atoms with Gasteiger partial charge < -0.3 is 0 Å². The van der Waals surface area contributed by atoms with Gasteiger partial charge in [0.05, 0.1) is 6.04 Å². The first-order valence-electron chi connectivity index (χ1n) is 7.35. The molecule has 1 aromatic carbocycles. The van der Waals surface area contributed by atoms with Crippen LogP contribution in [0.25, 0.3) is 10.8 Å². The van der Waals surface area contributed by atoms with E-state index in [0.29, 0.717) is 0 Å². The summed E-state index contributed by atoms with van der Waals surface area (Å²) in [6, 6.07) is 8.49. The topological polar surface area (TPSA) is 50.9 Å². The lowest BCUT2D eigenvalue weighted by atomic mass is 9.91. The molecule has 0 amide bonds. The van der Waals surface area contributed by atoms with E-state index in [1.807, 2.05) is 18.5 Å². The number of nitrogens with zero attached hydrogens (tertiary/aromatic N) is 1. The van der Waals surface area contributed by atoms with Crippen molar-refractivity contribution >= 4 is 10.8 Å². The molecular formula is C17H21N3. The van der Waals surface area contributed by atoms with E-state index in [9.17, 15) is 0 Å². The summed E-state index contributed by atoms with van der Waals surface area (Å²) in [5.74, 6) is 5.81. The lowest BCUT2D eigenvalue weighted by molar-refractivity contribution is 0.530. The van der Waals surface area contributed by atoms with E-state index < -0.39 is 0 Å². The highest BCUT2D eigenvalue weighted by molar-refractivity contribution is 5.85. The van der Waals surface area contributed by atoms with E-state index in [1.54, 1.807) is 0 Å². The van der Waals surface area contributed by atoms with Crippen LogP contribution >= 0.6 is 0 Å². The molecule has 3 nitrogen and oxygen atoms in total. The molecule has 1 aliphatic carbocycles. The van der Waals surface area contributed by atoms with Crippen molar-refractivity contribution in [3.63, 3.8) is 0 Å². The van der Waals surface area contributed by atoms with Crippen LogP contribution < -0.4 is 11.3 Å². The van der Waals surface area contributed by atoms with Gasteiger partial charge >= 0.3 is 0 Å². The predicted octanol–water partition coefficient (Wildman–Crippen LogP) is 3.63. The van der Waals surface area contributed by atoms with E-state index in [-0.39, 0.29) is 6.04 Å². The van der Waals surface area contributed by atoms with Gasteiger partial charge in [-0.2, -0.15) is 0 Å². The molecule has 3 N–H and O–H groups in total. The van der Waals surface area contributed by atoms with Crippen LogP contribution in [0.1, 0.15) is 43.7 Å². The molecule has 0 aliphatic heterocycles. The number of nitrogens with two attached hydrogens (primary N) is 1. The number of benzene rings is 1. The summed E-state index contributed by atoms with van der Waals surface area (Å²) in [6.07, 6.45) is 12.2. The standard InChI is InChI=1S/C17H21N3/c18-20-17(10-13-6-2-1-3-7-13)16-12-19-11-14-8-4-5-9-15(14)16/h4-6,8-9,11-12,17,20H,1-3,7,10,18H2. The van der Waals surface area contributed by atoms with Crippen molar-refractivity contribution in [1.29, 1.82) is 0 Å². The molecule has 0 radical (unpaired) electrons. The summed E-state index contributed by atoms with van der Waals surface area (Å²) in [4.78, 5) is 4.36. The third-order valence-electron chi connectivity index (χ3n) is 4.13. The van der Waals surface area contributed by atoms with Crippen molar-refractivity contribution in [3.05, 3.63) is 53.9 Å². The molecule has 1 aromatic heterocycles. The SMILES string of the molecule is NNC(CC1=CCCCC1)c1cncc2ccccc12. The van der Waals surface area contributed by atoms with Crippen molar-refractivity contribution in [2.45, 2.75) is 38.1 Å². The van der Waals surface area contributed by atoms with Crippen molar-refractivity contribution in [3.8, 4) is 0 Å². The maximum atomic E-state index is 5.81. The largest absolute Gasteiger partial charge is 0.271 e. The van der Waals surface area contributed by atoms with Gasteiger partial charge in [-0.25, -0.2) is 0 Å². The van der Waals surface area contributed by atoms with Crippen LogP contribution in [0.15, 0.2) is 48.3 Å². The third kappa shape index (κ3) is 2.74. The van der Waals surface area contributed by atoms with Gasteiger partial charge in [0, 0.05) is 17.8 Å². The second-order valence-corrected chi connectivity index (χ2v) is 5.48. The summed E-state index contributed by atoms with van der Waals surface area (Å²) in [7, 11) is 0. The van der Waals surface area contributed by atoms with Gasteiger partial charge in [-0.3, -0.25) is 16.3 Å². The molecule has 0 bridgehead atoms. The molecule has 0 saturated carbocycles. The smallest absolute Gasteiger partial charge is 0.0518 e. The number of rotatable bonds is 4. The molecular weight excluding hydrogens is 246 g/mol. The Balaban J connectivity index is 1.92. The molecule has 104 valence electrons. The van der Waals surface area contributed by atoms with Gasteiger partial charge in [0.1, 0.15) is 0 Å². The highest BCUT2D eigenvalue weighted by atomic mass is 15.2. The molecule has 1 aliphatic rings. The minimum absolute atomic E-state index is 0.137. The Hall–Kier alpha value is -1.71. The normalized spacial score (nSPS) is 16.9. The number of allylic oxidation sites excluding steroid dienone is 1. The number of aromatic nitrogens is 1. The van der Waals surface area contributed by atoms with Crippen molar-refractivity contribution < 1.29 is 0 Å². The number of hydrogen-bond donors (Lipinski definition) is 2. The minimum atomic E-state index is 0.137. The van der Waals surface area contributed by atoms with E-state index >= 15 is 0 Å². The van der Waals surface area contributed by atoms with Crippen molar-refractivity contribution in [1.82, 2.24) is 10.4 Å². The van der Waals surface area contributed by atoms with Gasteiger partial charge in [-0.1, -0.05) is 35.9 Å². The zero-order valence-electron chi connectivity index (χ0n) is 11.7. The predicted molar refractivity (Wildman–Crippen MR) is 83.0 cm³/mol. The Kier molecular flexibility index (Phi) is 4.09. The van der Waals surface area contributed by atoms with Crippen LogP contribution in [0.3, 0.4) is 0 Å². The molecule has 20 heavy (non-hydrogen) atoms. The van der Waals surface area contributed by atoms with Crippen LogP contribution in [-0.4, -0.2) is 4.98 Å². The highest BCUT2D eigenvalue weighted by Crippen LogP contribution is 2.30. The lowest BCUT2D eigenvalue weighted by Crippen LogP contribution is -2.28. The Morgan fingerprint density at radius 1 is 1.20 bits per heavy atom.